The van der Waals surface area contributed by atoms with Gasteiger partial charge in [-0.3, -0.25) is 20.2 Å². The van der Waals surface area contributed by atoms with Crippen LogP contribution in [0.4, 0.5) is 15.2 Å². The molecule has 8 nitrogen and oxygen atoms in total. The van der Waals surface area contributed by atoms with Crippen LogP contribution >= 0.6 is 11.3 Å². The lowest BCUT2D eigenvalue weighted by Gasteiger charge is -2.11. The minimum Gasteiger partial charge on any atom is -0.493 e. The van der Waals surface area contributed by atoms with E-state index in [2.05, 4.69) is 10.3 Å². The van der Waals surface area contributed by atoms with Crippen molar-refractivity contribution in [3.63, 3.8) is 0 Å². The molecule has 1 aromatic heterocycles. The molecule has 10 heteroatoms. The van der Waals surface area contributed by atoms with Gasteiger partial charge in [-0.25, -0.2) is 9.37 Å². The third kappa shape index (κ3) is 4.49. The number of carbonyl (C=O) groups excluding carboxylic acids is 1. The molecule has 1 heterocycles. The van der Waals surface area contributed by atoms with Gasteiger partial charge < -0.3 is 9.47 Å². The van der Waals surface area contributed by atoms with Gasteiger partial charge in [-0.05, 0) is 19.1 Å². The second-order valence-corrected chi connectivity index (χ2v) is 6.57. The van der Waals surface area contributed by atoms with Crippen molar-refractivity contribution in [3.8, 4) is 22.8 Å². The first-order chi connectivity index (χ1) is 13.9. The molecular weight excluding hydrogens is 401 g/mol. The summed E-state index contributed by atoms with van der Waals surface area (Å²) in [5, 5.41) is 15.8. The van der Waals surface area contributed by atoms with Crippen LogP contribution in [-0.4, -0.2) is 29.5 Å². The van der Waals surface area contributed by atoms with Crippen LogP contribution in [0.15, 0.2) is 41.8 Å². The molecule has 0 aliphatic rings. The molecular formula is C19H16FN3O5S. The highest BCUT2D eigenvalue weighted by atomic mass is 32.1. The number of amides is 1. The molecule has 0 aliphatic heterocycles. The molecule has 0 atom stereocenters. The van der Waals surface area contributed by atoms with E-state index in [0.717, 1.165) is 17.4 Å². The summed E-state index contributed by atoms with van der Waals surface area (Å²) in [6.45, 7) is 2.03. The zero-order chi connectivity index (χ0) is 21.0. The highest BCUT2D eigenvalue weighted by Crippen LogP contribution is 2.35. The molecule has 150 valence electrons. The molecule has 3 aromatic rings. The minimum absolute atomic E-state index is 0.151. The third-order valence-electron chi connectivity index (χ3n) is 3.87. The highest BCUT2D eigenvalue weighted by molar-refractivity contribution is 7.14. The molecule has 0 bridgehead atoms. The Morgan fingerprint density at radius 2 is 2.10 bits per heavy atom. The standard InChI is InChI=1S/C19H16FN3O5S/c1-3-28-17-8-13(15(23(25)26)9-16(17)27-2)18(24)22-19-21-14(10-29-19)11-5-4-6-12(20)7-11/h4-10H,3H2,1-2H3,(H,21,22,24). The summed E-state index contributed by atoms with van der Waals surface area (Å²) in [6, 6.07) is 8.28. The molecule has 1 amide bonds. The molecule has 29 heavy (non-hydrogen) atoms. The van der Waals surface area contributed by atoms with Gasteiger partial charge in [0, 0.05) is 17.0 Å². The molecule has 1 N–H and O–H groups in total. The largest absolute Gasteiger partial charge is 0.493 e. The van der Waals surface area contributed by atoms with Gasteiger partial charge in [0.2, 0.25) is 0 Å². The Morgan fingerprint density at radius 1 is 1.31 bits per heavy atom. The number of methoxy groups -OCH3 is 1. The molecule has 0 saturated carbocycles. The van der Waals surface area contributed by atoms with Crippen molar-refractivity contribution in [1.82, 2.24) is 4.98 Å². The first kappa shape index (κ1) is 20.2. The van der Waals surface area contributed by atoms with E-state index in [1.54, 1.807) is 24.4 Å². The van der Waals surface area contributed by atoms with Gasteiger partial charge in [-0.15, -0.1) is 11.3 Å². The molecule has 0 saturated heterocycles. The van der Waals surface area contributed by atoms with Gasteiger partial charge in [0.25, 0.3) is 11.6 Å². The number of anilines is 1. The number of halogens is 1. The maximum atomic E-state index is 13.4. The van der Waals surface area contributed by atoms with E-state index in [1.165, 1.54) is 25.3 Å². The van der Waals surface area contributed by atoms with Gasteiger partial charge in [-0.1, -0.05) is 12.1 Å². The van der Waals surface area contributed by atoms with Crippen LogP contribution in [0.5, 0.6) is 11.5 Å². The molecule has 0 aliphatic carbocycles. The Hall–Kier alpha value is -3.53. The summed E-state index contributed by atoms with van der Waals surface area (Å²) in [7, 11) is 1.35. The van der Waals surface area contributed by atoms with Crippen LogP contribution in [0, 0.1) is 15.9 Å². The van der Waals surface area contributed by atoms with Gasteiger partial charge in [0.15, 0.2) is 16.6 Å². The number of nitro groups is 1. The van der Waals surface area contributed by atoms with Crippen LogP contribution < -0.4 is 14.8 Å². The van der Waals surface area contributed by atoms with Gasteiger partial charge >= 0.3 is 0 Å². The SMILES string of the molecule is CCOc1cc(C(=O)Nc2nc(-c3cccc(F)c3)cs2)c([N+](=O)[O-])cc1OC. The molecule has 2 aromatic carbocycles. The van der Waals surface area contributed by atoms with E-state index < -0.39 is 22.3 Å². The third-order valence-corrected chi connectivity index (χ3v) is 4.63. The predicted molar refractivity (Wildman–Crippen MR) is 106 cm³/mol. The maximum absolute atomic E-state index is 13.4. The van der Waals surface area contributed by atoms with Crippen LogP contribution in [0.1, 0.15) is 17.3 Å². The lowest BCUT2D eigenvalue weighted by Crippen LogP contribution is -2.14. The first-order valence-corrected chi connectivity index (χ1v) is 9.33. The quantitative estimate of drug-likeness (QED) is 0.448. The Labute approximate surface area is 169 Å². The normalized spacial score (nSPS) is 10.4. The summed E-state index contributed by atoms with van der Waals surface area (Å²) < 4.78 is 23.9. The van der Waals surface area contributed by atoms with Crippen molar-refractivity contribution in [2.75, 3.05) is 19.0 Å². The monoisotopic (exact) mass is 417 g/mol. The van der Waals surface area contributed by atoms with E-state index in [1.807, 2.05) is 0 Å². The number of thiazole rings is 1. The van der Waals surface area contributed by atoms with Crippen LogP contribution in [-0.2, 0) is 0 Å². The van der Waals surface area contributed by atoms with E-state index >= 15 is 0 Å². The number of nitrogens with one attached hydrogen (secondary N) is 1. The van der Waals surface area contributed by atoms with E-state index in [4.69, 9.17) is 9.47 Å². The van der Waals surface area contributed by atoms with Crippen molar-refractivity contribution in [3.05, 3.63) is 63.3 Å². The molecule has 0 fully saturated rings. The van der Waals surface area contributed by atoms with Crippen LogP contribution in [0.25, 0.3) is 11.3 Å². The number of aromatic nitrogens is 1. The Bertz CT molecular complexity index is 1070. The number of rotatable bonds is 7. The Balaban J connectivity index is 1.90. The van der Waals surface area contributed by atoms with Crippen molar-refractivity contribution in [2.24, 2.45) is 0 Å². The topological polar surface area (TPSA) is 104 Å². The lowest BCUT2D eigenvalue weighted by molar-refractivity contribution is -0.385. The summed E-state index contributed by atoms with van der Waals surface area (Å²) in [5.41, 5.74) is 0.409. The summed E-state index contributed by atoms with van der Waals surface area (Å²) in [4.78, 5) is 27.7. The zero-order valence-corrected chi connectivity index (χ0v) is 16.3. The highest BCUT2D eigenvalue weighted by Gasteiger charge is 2.25. The number of carbonyl (C=O) groups is 1. The van der Waals surface area contributed by atoms with Crippen molar-refractivity contribution < 1.29 is 23.6 Å². The van der Waals surface area contributed by atoms with Crippen molar-refractivity contribution >= 4 is 28.1 Å². The number of ether oxygens (including phenoxy) is 2. The van der Waals surface area contributed by atoms with Crippen molar-refractivity contribution in [1.29, 1.82) is 0 Å². The van der Waals surface area contributed by atoms with Gasteiger partial charge in [0.05, 0.1) is 30.4 Å². The molecule has 3 rings (SSSR count). The lowest BCUT2D eigenvalue weighted by atomic mass is 10.1. The molecule has 0 spiro atoms. The Kier molecular flexibility index (Phi) is 6.03. The van der Waals surface area contributed by atoms with E-state index in [9.17, 15) is 19.3 Å². The average Bonchev–Trinajstić information content (AvgIpc) is 3.16. The molecule has 0 unspecified atom stereocenters. The zero-order valence-electron chi connectivity index (χ0n) is 15.5. The van der Waals surface area contributed by atoms with Gasteiger partial charge in [0.1, 0.15) is 11.4 Å². The van der Waals surface area contributed by atoms with Crippen molar-refractivity contribution in [2.45, 2.75) is 6.92 Å². The molecule has 0 radical (unpaired) electrons. The fourth-order valence-corrected chi connectivity index (χ4v) is 3.30. The predicted octanol–water partition coefficient (Wildman–Crippen LogP) is 4.52. The smallest absolute Gasteiger partial charge is 0.286 e. The second kappa shape index (κ2) is 8.65. The number of hydrogen-bond donors (Lipinski definition) is 1. The average molecular weight is 417 g/mol. The van der Waals surface area contributed by atoms with Gasteiger partial charge in [-0.2, -0.15) is 0 Å². The number of nitro benzene ring substituents is 1. The summed E-state index contributed by atoms with van der Waals surface area (Å²) in [5.74, 6) is -0.762. The second-order valence-electron chi connectivity index (χ2n) is 5.71. The fraction of sp³-hybridized carbons (Fsp3) is 0.158. The fourth-order valence-electron chi connectivity index (χ4n) is 2.59. The van der Waals surface area contributed by atoms with E-state index in [0.29, 0.717) is 17.9 Å². The summed E-state index contributed by atoms with van der Waals surface area (Å²) >= 11 is 1.12. The first-order valence-electron chi connectivity index (χ1n) is 8.45. The van der Waals surface area contributed by atoms with Crippen LogP contribution in [0.2, 0.25) is 0 Å². The minimum atomic E-state index is -0.722. The summed E-state index contributed by atoms with van der Waals surface area (Å²) in [6.07, 6.45) is 0. The van der Waals surface area contributed by atoms with E-state index in [-0.39, 0.29) is 22.2 Å². The Morgan fingerprint density at radius 3 is 2.76 bits per heavy atom. The van der Waals surface area contributed by atoms with Crippen LogP contribution in [0.3, 0.4) is 0 Å². The maximum Gasteiger partial charge on any atom is 0.286 e. The number of hydrogen-bond acceptors (Lipinski definition) is 7. The number of nitrogens with zero attached hydrogens (tertiary/aromatic N) is 2. The number of benzene rings is 2.